The second-order valence-electron chi connectivity index (χ2n) is 15.0. The van der Waals surface area contributed by atoms with Crippen LogP contribution in [0.15, 0.2) is 109 Å². The number of carbonyl (C=O) groups is 5. The van der Waals surface area contributed by atoms with Crippen LogP contribution in [0.4, 0.5) is 16.2 Å². The van der Waals surface area contributed by atoms with Crippen molar-refractivity contribution in [3.8, 4) is 11.8 Å². The third-order valence-electron chi connectivity index (χ3n) is 9.61. The lowest BCUT2D eigenvalue weighted by molar-refractivity contribution is -0.138. The Morgan fingerprint density at radius 2 is 1.16 bits per heavy atom. The highest BCUT2D eigenvalue weighted by Crippen LogP contribution is 2.26. The number of benzene rings is 4. The summed E-state index contributed by atoms with van der Waals surface area (Å²) < 4.78 is 5.43. The van der Waals surface area contributed by atoms with Gasteiger partial charge < -0.3 is 30.5 Å². The van der Waals surface area contributed by atoms with Gasteiger partial charge in [0.1, 0.15) is 23.7 Å². The molecule has 0 radical (unpaired) electrons. The molecule has 4 aromatic rings. The minimum atomic E-state index is -1.02. The molecule has 56 heavy (non-hydrogen) atoms. The molecule has 0 aliphatic carbocycles. The third-order valence-corrected chi connectivity index (χ3v) is 9.61. The first kappa shape index (κ1) is 39.3. The molecule has 2 aliphatic heterocycles. The molecule has 3 atom stereocenters. The van der Waals surface area contributed by atoms with Crippen molar-refractivity contribution in [1.29, 1.82) is 0 Å². The Hall–Kier alpha value is -6.41. The van der Waals surface area contributed by atoms with Crippen LogP contribution in [0.5, 0.6) is 0 Å². The zero-order valence-electron chi connectivity index (χ0n) is 31.9. The van der Waals surface area contributed by atoms with Gasteiger partial charge in [0.25, 0.3) is 5.91 Å². The summed E-state index contributed by atoms with van der Waals surface area (Å²) in [5, 5.41) is 8.60. The van der Waals surface area contributed by atoms with Gasteiger partial charge in [-0.15, -0.1) is 0 Å². The third kappa shape index (κ3) is 10.4. The fourth-order valence-electron chi connectivity index (χ4n) is 6.91. The fourth-order valence-corrected chi connectivity index (χ4v) is 6.91. The van der Waals surface area contributed by atoms with E-state index in [-0.39, 0.29) is 30.0 Å². The summed E-state index contributed by atoms with van der Waals surface area (Å²) in [5.41, 5.74) is 3.45. The Bertz CT molecular complexity index is 2090. The highest BCUT2D eigenvalue weighted by atomic mass is 16.6. The van der Waals surface area contributed by atoms with Crippen molar-refractivity contribution in [2.75, 3.05) is 23.7 Å². The maximum Gasteiger partial charge on any atom is 0.408 e. The van der Waals surface area contributed by atoms with E-state index in [1.165, 1.54) is 4.90 Å². The SMILES string of the molecule is CC(C)(C)OC(=O)N[C@@H](C(=O)N1CCC[C@H]1C(=O)Nc1ccc(C#Cc2ccc(NC(=O)[C@@H]3CCCN3C(=O)Cc3ccccc3)cc2)cc1)c1ccccc1. The molecule has 288 valence electrons. The Morgan fingerprint density at radius 1 is 0.679 bits per heavy atom. The quantitative estimate of drug-likeness (QED) is 0.168. The first-order valence-corrected chi connectivity index (χ1v) is 19.0. The first-order chi connectivity index (χ1) is 26.9. The highest BCUT2D eigenvalue weighted by molar-refractivity contribution is 5.99. The van der Waals surface area contributed by atoms with Gasteiger partial charge in [-0.3, -0.25) is 19.2 Å². The molecule has 2 heterocycles. The van der Waals surface area contributed by atoms with E-state index in [0.717, 1.165) is 23.1 Å². The Labute approximate surface area is 327 Å². The van der Waals surface area contributed by atoms with Crippen molar-refractivity contribution in [2.45, 2.75) is 76.6 Å². The molecule has 0 bridgehead atoms. The normalized spacial score (nSPS) is 16.9. The smallest absolute Gasteiger partial charge is 0.408 e. The van der Waals surface area contributed by atoms with Crippen LogP contribution in [0.3, 0.4) is 0 Å². The second kappa shape index (κ2) is 17.8. The van der Waals surface area contributed by atoms with E-state index in [2.05, 4.69) is 27.8 Å². The van der Waals surface area contributed by atoms with Crippen molar-refractivity contribution in [2.24, 2.45) is 0 Å². The number of anilines is 2. The summed E-state index contributed by atoms with van der Waals surface area (Å²) >= 11 is 0. The molecule has 5 amide bonds. The van der Waals surface area contributed by atoms with E-state index >= 15 is 0 Å². The number of hydrogen-bond acceptors (Lipinski definition) is 6. The lowest BCUT2D eigenvalue weighted by Gasteiger charge is -2.29. The lowest BCUT2D eigenvalue weighted by Crippen LogP contribution is -2.49. The monoisotopic (exact) mass is 753 g/mol. The van der Waals surface area contributed by atoms with Gasteiger partial charge in [-0.2, -0.15) is 0 Å². The first-order valence-electron chi connectivity index (χ1n) is 19.0. The Morgan fingerprint density at radius 3 is 1.68 bits per heavy atom. The molecular weight excluding hydrogens is 707 g/mol. The van der Waals surface area contributed by atoms with Crippen LogP contribution in [0.2, 0.25) is 0 Å². The molecule has 11 heteroatoms. The van der Waals surface area contributed by atoms with Gasteiger partial charge in [0, 0.05) is 35.6 Å². The molecule has 0 unspecified atom stereocenters. The summed E-state index contributed by atoms with van der Waals surface area (Å²) in [7, 11) is 0. The van der Waals surface area contributed by atoms with Crippen LogP contribution in [-0.2, 0) is 30.3 Å². The number of nitrogens with one attached hydrogen (secondary N) is 3. The number of carbonyl (C=O) groups excluding carboxylic acids is 5. The van der Waals surface area contributed by atoms with E-state index in [1.807, 2.05) is 48.5 Å². The van der Waals surface area contributed by atoms with E-state index < -0.39 is 29.8 Å². The number of likely N-dealkylation sites (tertiary alicyclic amines) is 2. The number of nitrogens with zero attached hydrogens (tertiary/aromatic N) is 2. The number of alkyl carbamates (subject to hydrolysis) is 1. The number of rotatable bonds is 9. The van der Waals surface area contributed by atoms with Gasteiger partial charge in [0.2, 0.25) is 17.7 Å². The Balaban J connectivity index is 1.02. The number of ether oxygens (including phenoxy) is 1. The van der Waals surface area contributed by atoms with E-state index in [1.54, 1.807) is 86.3 Å². The molecule has 2 fully saturated rings. The van der Waals surface area contributed by atoms with Crippen LogP contribution in [-0.4, -0.2) is 70.3 Å². The predicted octanol–water partition coefficient (Wildman–Crippen LogP) is 6.45. The maximum atomic E-state index is 13.9. The molecule has 2 aliphatic rings. The minimum Gasteiger partial charge on any atom is -0.444 e. The van der Waals surface area contributed by atoms with Crippen molar-refractivity contribution in [1.82, 2.24) is 15.1 Å². The van der Waals surface area contributed by atoms with Crippen LogP contribution < -0.4 is 16.0 Å². The average molecular weight is 754 g/mol. The molecule has 6 rings (SSSR count). The molecule has 3 N–H and O–H groups in total. The zero-order valence-corrected chi connectivity index (χ0v) is 31.9. The Kier molecular flexibility index (Phi) is 12.5. The molecular formula is C45H47N5O6. The summed E-state index contributed by atoms with van der Waals surface area (Å²) in [4.78, 5) is 69.4. The zero-order chi connectivity index (χ0) is 39.7. The van der Waals surface area contributed by atoms with Gasteiger partial charge in [0.15, 0.2) is 0 Å². The van der Waals surface area contributed by atoms with E-state index in [9.17, 15) is 24.0 Å². The van der Waals surface area contributed by atoms with Gasteiger partial charge in [-0.05, 0) is 106 Å². The van der Waals surface area contributed by atoms with Gasteiger partial charge in [-0.25, -0.2) is 4.79 Å². The topological polar surface area (TPSA) is 137 Å². The van der Waals surface area contributed by atoms with Crippen molar-refractivity contribution >= 4 is 41.1 Å². The fraction of sp³-hybridized carbons (Fsp3) is 0.311. The van der Waals surface area contributed by atoms with E-state index in [0.29, 0.717) is 49.3 Å². The standard InChI is InChI=1S/C45H47N5O6/c1-45(2,3)56-44(55)48-40(34-14-8-5-9-15-34)43(54)50-29-11-17-38(50)42(53)47-36-26-22-32(23-27-36)19-18-31-20-24-35(25-21-31)46-41(52)37-16-10-28-49(37)39(51)30-33-12-6-4-7-13-33/h4-9,12-15,20-27,37-38,40H,10-11,16-17,28-30H2,1-3H3,(H,46,52)(H,47,53)(H,48,55)/t37-,38-,40+/m0/s1. The molecule has 0 aromatic heterocycles. The molecule has 11 nitrogen and oxygen atoms in total. The molecule has 0 saturated carbocycles. The largest absolute Gasteiger partial charge is 0.444 e. The van der Waals surface area contributed by atoms with Crippen LogP contribution in [0.1, 0.15) is 74.8 Å². The number of hydrogen-bond donors (Lipinski definition) is 3. The van der Waals surface area contributed by atoms with Crippen molar-refractivity contribution < 1.29 is 28.7 Å². The average Bonchev–Trinajstić information content (AvgIpc) is 3.89. The second-order valence-corrected chi connectivity index (χ2v) is 15.0. The van der Waals surface area contributed by atoms with Gasteiger partial charge in [0.05, 0.1) is 6.42 Å². The summed E-state index contributed by atoms with van der Waals surface area (Å²) in [6.07, 6.45) is 2.10. The lowest BCUT2D eigenvalue weighted by atomic mass is 10.0. The maximum absolute atomic E-state index is 13.9. The number of amides is 5. The predicted molar refractivity (Wildman–Crippen MR) is 214 cm³/mol. The molecule has 0 spiro atoms. The summed E-state index contributed by atoms with van der Waals surface area (Å²) in [6.45, 7) is 6.20. The van der Waals surface area contributed by atoms with Crippen LogP contribution >= 0.6 is 0 Å². The van der Waals surface area contributed by atoms with Crippen LogP contribution in [0, 0.1) is 11.8 Å². The highest BCUT2D eigenvalue weighted by Gasteiger charge is 2.39. The van der Waals surface area contributed by atoms with Gasteiger partial charge in [-0.1, -0.05) is 72.5 Å². The van der Waals surface area contributed by atoms with Crippen molar-refractivity contribution in [3.05, 3.63) is 131 Å². The van der Waals surface area contributed by atoms with Gasteiger partial charge >= 0.3 is 6.09 Å². The van der Waals surface area contributed by atoms with E-state index in [4.69, 9.17) is 4.74 Å². The molecule has 2 saturated heterocycles. The summed E-state index contributed by atoms with van der Waals surface area (Å²) in [5.74, 6) is 5.31. The van der Waals surface area contributed by atoms with Crippen LogP contribution in [0.25, 0.3) is 0 Å². The van der Waals surface area contributed by atoms with Crippen molar-refractivity contribution in [3.63, 3.8) is 0 Å². The summed E-state index contributed by atoms with van der Waals surface area (Å²) in [6, 6.07) is 30.6. The minimum absolute atomic E-state index is 0.0504. The molecule has 4 aromatic carbocycles.